The summed E-state index contributed by atoms with van der Waals surface area (Å²) < 4.78 is 5.46. The molecule has 2 atom stereocenters. The minimum atomic E-state index is -0.399. The van der Waals surface area contributed by atoms with Crippen molar-refractivity contribution in [3.63, 3.8) is 0 Å². The number of esters is 1. The minimum Gasteiger partial charge on any atom is -0.461 e. The Balaban J connectivity index is 1.75. The maximum atomic E-state index is 11.7. The van der Waals surface area contributed by atoms with Crippen LogP contribution in [0.15, 0.2) is 0 Å². The Morgan fingerprint density at radius 1 is 1.31 bits per heavy atom. The molecule has 4 nitrogen and oxygen atoms in total. The van der Waals surface area contributed by atoms with Crippen molar-refractivity contribution in [2.45, 2.75) is 57.3 Å². The molecule has 0 amide bonds. The fourth-order valence-corrected chi connectivity index (χ4v) is 2.49. The van der Waals surface area contributed by atoms with Crippen LogP contribution in [0.4, 0.5) is 0 Å². The summed E-state index contributed by atoms with van der Waals surface area (Å²) in [5.41, 5.74) is 0. The van der Waals surface area contributed by atoms with Gasteiger partial charge in [0.15, 0.2) is 0 Å². The van der Waals surface area contributed by atoms with Gasteiger partial charge in [-0.15, -0.1) is 0 Å². The molecule has 4 heteroatoms. The average Bonchev–Trinajstić information content (AvgIpc) is 2.68. The standard InChI is InChI=1S/C12H21NO3/c1-8-2-4-10(5-3-8)16-12(15)11-6-9(14)7-13-11/h8-11,13-14H,2-7H2,1H3/t8?,9-,10?,11-/m1/s1. The van der Waals surface area contributed by atoms with E-state index in [2.05, 4.69) is 12.2 Å². The third-order valence-electron chi connectivity index (χ3n) is 3.64. The van der Waals surface area contributed by atoms with Gasteiger partial charge in [-0.2, -0.15) is 0 Å². The molecule has 92 valence electrons. The van der Waals surface area contributed by atoms with Crippen molar-refractivity contribution in [3.05, 3.63) is 0 Å². The van der Waals surface area contributed by atoms with Crippen LogP contribution in [-0.2, 0) is 9.53 Å². The van der Waals surface area contributed by atoms with Crippen molar-refractivity contribution in [2.24, 2.45) is 5.92 Å². The van der Waals surface area contributed by atoms with Gasteiger partial charge in [0.05, 0.1) is 6.10 Å². The summed E-state index contributed by atoms with van der Waals surface area (Å²) in [4.78, 5) is 11.7. The average molecular weight is 227 g/mol. The number of β-amino-alcohol motifs (C(OH)–C–C–N with tert-alkyl or cyclic N) is 1. The first kappa shape index (κ1) is 11.9. The van der Waals surface area contributed by atoms with E-state index in [0.717, 1.165) is 31.6 Å². The Kier molecular flexibility index (Phi) is 3.82. The first-order valence-corrected chi connectivity index (χ1v) is 6.27. The molecule has 2 N–H and O–H groups in total. The van der Waals surface area contributed by atoms with Crippen molar-refractivity contribution in [2.75, 3.05) is 6.54 Å². The maximum absolute atomic E-state index is 11.7. The van der Waals surface area contributed by atoms with Crippen LogP contribution in [0.3, 0.4) is 0 Å². The second-order valence-corrected chi connectivity index (χ2v) is 5.17. The number of carbonyl (C=O) groups excluding carboxylic acids is 1. The molecule has 0 bridgehead atoms. The number of rotatable bonds is 2. The zero-order valence-corrected chi connectivity index (χ0v) is 9.82. The van der Waals surface area contributed by atoms with E-state index in [1.54, 1.807) is 0 Å². The highest BCUT2D eigenvalue weighted by molar-refractivity contribution is 5.76. The summed E-state index contributed by atoms with van der Waals surface area (Å²) in [6, 6.07) is -0.297. The summed E-state index contributed by atoms with van der Waals surface area (Å²) >= 11 is 0. The first-order valence-electron chi connectivity index (χ1n) is 6.27. The van der Waals surface area contributed by atoms with E-state index in [9.17, 15) is 9.90 Å². The molecule has 0 unspecified atom stereocenters. The van der Waals surface area contributed by atoms with E-state index in [0.29, 0.717) is 13.0 Å². The Morgan fingerprint density at radius 2 is 2.00 bits per heavy atom. The van der Waals surface area contributed by atoms with Crippen LogP contribution in [0, 0.1) is 5.92 Å². The predicted octanol–water partition coefficient (Wildman–Crippen LogP) is 0.831. The monoisotopic (exact) mass is 227 g/mol. The number of hydrogen-bond donors (Lipinski definition) is 2. The molecule has 1 aliphatic heterocycles. The molecule has 0 aromatic rings. The van der Waals surface area contributed by atoms with Crippen LogP contribution in [0.25, 0.3) is 0 Å². The molecular weight excluding hydrogens is 206 g/mol. The predicted molar refractivity (Wildman–Crippen MR) is 59.9 cm³/mol. The molecule has 1 saturated heterocycles. The molecule has 1 heterocycles. The Morgan fingerprint density at radius 3 is 2.56 bits per heavy atom. The lowest BCUT2D eigenvalue weighted by Gasteiger charge is -2.26. The molecule has 0 radical (unpaired) electrons. The molecule has 2 rings (SSSR count). The molecule has 2 fully saturated rings. The quantitative estimate of drug-likeness (QED) is 0.686. The molecule has 0 spiro atoms. The lowest BCUT2D eigenvalue weighted by Crippen LogP contribution is -2.36. The molecule has 1 saturated carbocycles. The van der Waals surface area contributed by atoms with Crippen LogP contribution in [0.2, 0.25) is 0 Å². The summed E-state index contributed by atoms with van der Waals surface area (Å²) in [7, 11) is 0. The summed E-state index contributed by atoms with van der Waals surface area (Å²) in [5, 5.41) is 12.3. The fraction of sp³-hybridized carbons (Fsp3) is 0.917. The van der Waals surface area contributed by atoms with E-state index in [4.69, 9.17) is 4.74 Å². The van der Waals surface area contributed by atoms with Crippen LogP contribution in [-0.4, -0.2) is 35.9 Å². The topological polar surface area (TPSA) is 58.6 Å². The summed E-state index contributed by atoms with van der Waals surface area (Å²) in [6.07, 6.45) is 4.47. The number of ether oxygens (including phenoxy) is 1. The number of aliphatic hydroxyl groups excluding tert-OH is 1. The number of hydrogen-bond acceptors (Lipinski definition) is 4. The molecule has 2 aliphatic rings. The van der Waals surface area contributed by atoms with Gasteiger partial charge in [0, 0.05) is 13.0 Å². The molecular formula is C12H21NO3. The first-order chi connectivity index (χ1) is 7.65. The van der Waals surface area contributed by atoms with Crippen LogP contribution < -0.4 is 5.32 Å². The molecule has 0 aromatic heterocycles. The van der Waals surface area contributed by atoms with Gasteiger partial charge in [-0.05, 0) is 31.6 Å². The zero-order valence-electron chi connectivity index (χ0n) is 9.82. The largest absolute Gasteiger partial charge is 0.461 e. The molecule has 0 aromatic carbocycles. The van der Waals surface area contributed by atoms with E-state index >= 15 is 0 Å². The van der Waals surface area contributed by atoms with Gasteiger partial charge in [-0.3, -0.25) is 4.79 Å². The second kappa shape index (κ2) is 5.15. The SMILES string of the molecule is CC1CCC(OC(=O)[C@H]2C[C@@H](O)CN2)CC1. The van der Waals surface area contributed by atoms with Crippen LogP contribution in [0.5, 0.6) is 0 Å². The minimum absolute atomic E-state index is 0.100. The third-order valence-corrected chi connectivity index (χ3v) is 3.64. The summed E-state index contributed by atoms with van der Waals surface area (Å²) in [5.74, 6) is 0.581. The fourth-order valence-electron chi connectivity index (χ4n) is 2.49. The molecule has 1 aliphatic carbocycles. The second-order valence-electron chi connectivity index (χ2n) is 5.17. The van der Waals surface area contributed by atoms with E-state index in [-0.39, 0.29) is 18.1 Å². The van der Waals surface area contributed by atoms with E-state index in [1.807, 2.05) is 0 Å². The van der Waals surface area contributed by atoms with Gasteiger partial charge >= 0.3 is 5.97 Å². The Bertz CT molecular complexity index is 249. The number of nitrogens with one attached hydrogen (secondary N) is 1. The van der Waals surface area contributed by atoms with Gasteiger partial charge in [0.1, 0.15) is 12.1 Å². The number of aliphatic hydroxyl groups is 1. The van der Waals surface area contributed by atoms with Crippen molar-refractivity contribution in [1.82, 2.24) is 5.32 Å². The van der Waals surface area contributed by atoms with Crippen molar-refractivity contribution < 1.29 is 14.6 Å². The van der Waals surface area contributed by atoms with Gasteiger partial charge in [-0.1, -0.05) is 6.92 Å². The lowest BCUT2D eigenvalue weighted by atomic mass is 9.89. The Labute approximate surface area is 96.4 Å². The van der Waals surface area contributed by atoms with Crippen molar-refractivity contribution in [3.8, 4) is 0 Å². The number of carbonyl (C=O) groups is 1. The van der Waals surface area contributed by atoms with Gasteiger partial charge in [0.25, 0.3) is 0 Å². The van der Waals surface area contributed by atoms with Gasteiger partial charge < -0.3 is 15.2 Å². The third kappa shape index (κ3) is 2.95. The van der Waals surface area contributed by atoms with Crippen LogP contribution >= 0.6 is 0 Å². The lowest BCUT2D eigenvalue weighted by molar-refractivity contribution is -0.153. The van der Waals surface area contributed by atoms with Crippen molar-refractivity contribution in [1.29, 1.82) is 0 Å². The maximum Gasteiger partial charge on any atom is 0.323 e. The molecule has 16 heavy (non-hydrogen) atoms. The normalized spacial score (nSPS) is 39.6. The van der Waals surface area contributed by atoms with E-state index in [1.165, 1.54) is 0 Å². The smallest absolute Gasteiger partial charge is 0.323 e. The van der Waals surface area contributed by atoms with Crippen molar-refractivity contribution >= 4 is 5.97 Å². The van der Waals surface area contributed by atoms with E-state index < -0.39 is 6.10 Å². The van der Waals surface area contributed by atoms with Gasteiger partial charge in [0.2, 0.25) is 0 Å². The highest BCUT2D eigenvalue weighted by atomic mass is 16.5. The van der Waals surface area contributed by atoms with Gasteiger partial charge in [-0.25, -0.2) is 0 Å². The Hall–Kier alpha value is -0.610. The zero-order chi connectivity index (χ0) is 11.5. The summed E-state index contributed by atoms with van der Waals surface area (Å²) in [6.45, 7) is 2.74. The highest BCUT2D eigenvalue weighted by Gasteiger charge is 2.31. The highest BCUT2D eigenvalue weighted by Crippen LogP contribution is 2.26. The van der Waals surface area contributed by atoms with Crippen LogP contribution in [0.1, 0.15) is 39.0 Å².